The van der Waals surface area contributed by atoms with Gasteiger partial charge in [-0.25, -0.2) is 4.99 Å². The maximum absolute atomic E-state index is 5.97. The highest BCUT2D eigenvalue weighted by Crippen LogP contribution is 2.13. The number of hydrogen-bond donors (Lipinski definition) is 2. The Labute approximate surface area is 149 Å². The predicted octanol–water partition coefficient (Wildman–Crippen LogP) is 2.83. The minimum Gasteiger partial charge on any atom is -0.376 e. The second-order valence-electron chi connectivity index (χ2n) is 6.43. The second-order valence-corrected chi connectivity index (χ2v) is 6.43. The summed E-state index contributed by atoms with van der Waals surface area (Å²) in [4.78, 5) is 6.87. The molecule has 3 N–H and O–H groups in total. The van der Waals surface area contributed by atoms with Gasteiger partial charge in [-0.3, -0.25) is 4.90 Å². The number of para-hydroxylation sites is 1. The molecule has 3 rings (SSSR count). The monoisotopic (exact) mass is 338 g/mol. The number of aliphatic imine (C=N–C) groups is 1. The molecule has 1 heterocycles. The van der Waals surface area contributed by atoms with Crippen LogP contribution in [-0.4, -0.2) is 36.7 Å². The molecule has 0 amide bonds. The molecule has 2 aromatic carbocycles. The van der Waals surface area contributed by atoms with Gasteiger partial charge in [0, 0.05) is 25.3 Å². The fourth-order valence-electron chi connectivity index (χ4n) is 3.00. The lowest BCUT2D eigenvalue weighted by molar-refractivity contribution is -0.0212. The van der Waals surface area contributed by atoms with Crippen molar-refractivity contribution in [2.75, 3.05) is 25.0 Å². The highest BCUT2D eigenvalue weighted by atomic mass is 16.5. The molecular weight excluding hydrogens is 312 g/mol. The van der Waals surface area contributed by atoms with E-state index in [4.69, 9.17) is 10.5 Å². The fraction of sp³-hybridized carbons (Fsp3) is 0.350. The van der Waals surface area contributed by atoms with E-state index < -0.39 is 0 Å². The number of anilines is 1. The molecule has 1 fully saturated rings. The van der Waals surface area contributed by atoms with E-state index in [0.717, 1.165) is 37.5 Å². The van der Waals surface area contributed by atoms with Gasteiger partial charge in [0.25, 0.3) is 0 Å². The Bertz CT molecular complexity index is 702. The zero-order valence-corrected chi connectivity index (χ0v) is 14.7. The topological polar surface area (TPSA) is 62.9 Å². The van der Waals surface area contributed by atoms with Crippen LogP contribution in [0.1, 0.15) is 18.1 Å². The van der Waals surface area contributed by atoms with Gasteiger partial charge in [0.15, 0.2) is 5.96 Å². The maximum atomic E-state index is 5.97. The van der Waals surface area contributed by atoms with E-state index in [9.17, 15) is 0 Å². The van der Waals surface area contributed by atoms with Crippen LogP contribution in [-0.2, 0) is 17.8 Å². The number of benzene rings is 2. The highest BCUT2D eigenvalue weighted by Gasteiger charge is 2.16. The van der Waals surface area contributed by atoms with Crippen molar-refractivity contribution in [1.82, 2.24) is 4.90 Å². The van der Waals surface area contributed by atoms with Crippen molar-refractivity contribution in [3.63, 3.8) is 0 Å². The van der Waals surface area contributed by atoms with Crippen LogP contribution in [0, 0.1) is 0 Å². The molecule has 132 valence electrons. The Morgan fingerprint density at radius 1 is 1.20 bits per heavy atom. The lowest BCUT2D eigenvalue weighted by Crippen LogP contribution is -2.40. The maximum Gasteiger partial charge on any atom is 0.193 e. The zero-order chi connectivity index (χ0) is 17.5. The van der Waals surface area contributed by atoms with Crippen molar-refractivity contribution >= 4 is 11.6 Å². The lowest BCUT2D eigenvalue weighted by Gasteiger charge is -2.31. The van der Waals surface area contributed by atoms with Crippen molar-refractivity contribution in [3.8, 4) is 0 Å². The van der Waals surface area contributed by atoms with Gasteiger partial charge in [-0.15, -0.1) is 0 Å². The van der Waals surface area contributed by atoms with Crippen molar-refractivity contribution < 1.29 is 4.74 Å². The minimum atomic E-state index is 0.311. The standard InChI is InChI=1S/C20H26N4O/c1-16-14-24(10-11-25-16)15-18-7-5-6-17(12-18)13-22-20(21)23-19-8-3-2-4-9-19/h2-9,12,16H,10-11,13-15H2,1H3,(H3,21,22,23). The molecule has 0 bridgehead atoms. The van der Waals surface area contributed by atoms with Crippen LogP contribution in [0.5, 0.6) is 0 Å². The van der Waals surface area contributed by atoms with E-state index in [0.29, 0.717) is 18.6 Å². The van der Waals surface area contributed by atoms with Crippen molar-refractivity contribution in [2.45, 2.75) is 26.1 Å². The largest absolute Gasteiger partial charge is 0.376 e. The molecule has 1 unspecified atom stereocenters. The Hall–Kier alpha value is -2.37. The normalized spacial score (nSPS) is 18.9. The minimum absolute atomic E-state index is 0.311. The van der Waals surface area contributed by atoms with Crippen LogP contribution in [0.4, 0.5) is 5.69 Å². The molecule has 1 saturated heterocycles. The lowest BCUT2D eigenvalue weighted by atomic mass is 10.1. The molecule has 1 atom stereocenters. The third kappa shape index (κ3) is 5.59. The first-order valence-electron chi connectivity index (χ1n) is 8.73. The van der Waals surface area contributed by atoms with Crippen LogP contribution < -0.4 is 11.1 Å². The van der Waals surface area contributed by atoms with Crippen molar-refractivity contribution in [3.05, 3.63) is 65.7 Å². The van der Waals surface area contributed by atoms with E-state index in [1.165, 1.54) is 5.56 Å². The summed E-state index contributed by atoms with van der Waals surface area (Å²) in [6.45, 7) is 6.42. The number of ether oxygens (including phenoxy) is 1. The highest BCUT2D eigenvalue weighted by molar-refractivity contribution is 5.92. The summed E-state index contributed by atoms with van der Waals surface area (Å²) in [5.41, 5.74) is 9.38. The summed E-state index contributed by atoms with van der Waals surface area (Å²) in [5.74, 6) is 0.429. The first-order chi connectivity index (χ1) is 12.2. The van der Waals surface area contributed by atoms with Crippen LogP contribution >= 0.6 is 0 Å². The van der Waals surface area contributed by atoms with Gasteiger partial charge in [0.05, 0.1) is 19.3 Å². The van der Waals surface area contributed by atoms with Gasteiger partial charge >= 0.3 is 0 Å². The number of morpholine rings is 1. The second kappa shape index (κ2) is 8.65. The Morgan fingerprint density at radius 3 is 2.80 bits per heavy atom. The van der Waals surface area contributed by atoms with E-state index >= 15 is 0 Å². The number of nitrogens with one attached hydrogen (secondary N) is 1. The zero-order valence-electron chi connectivity index (χ0n) is 14.7. The molecule has 1 aliphatic heterocycles. The molecule has 0 aromatic heterocycles. The Balaban J connectivity index is 1.56. The summed E-state index contributed by atoms with van der Waals surface area (Å²) < 4.78 is 5.60. The molecule has 2 aromatic rings. The molecule has 0 radical (unpaired) electrons. The van der Waals surface area contributed by atoms with Crippen LogP contribution in [0.15, 0.2) is 59.6 Å². The van der Waals surface area contributed by atoms with Gasteiger partial charge in [-0.2, -0.15) is 0 Å². The van der Waals surface area contributed by atoms with Crippen molar-refractivity contribution in [2.24, 2.45) is 10.7 Å². The van der Waals surface area contributed by atoms with Crippen LogP contribution in [0.2, 0.25) is 0 Å². The van der Waals surface area contributed by atoms with Gasteiger partial charge in [-0.05, 0) is 30.2 Å². The van der Waals surface area contributed by atoms with E-state index in [1.54, 1.807) is 0 Å². The van der Waals surface area contributed by atoms with E-state index in [-0.39, 0.29) is 0 Å². The Kier molecular flexibility index (Phi) is 6.04. The fourth-order valence-corrected chi connectivity index (χ4v) is 3.00. The summed E-state index contributed by atoms with van der Waals surface area (Å²) in [6, 6.07) is 18.4. The SMILES string of the molecule is CC1CN(Cc2cccc(CN=C(N)Nc3ccccc3)c2)CCO1. The average Bonchev–Trinajstić information content (AvgIpc) is 2.61. The average molecular weight is 338 g/mol. The van der Waals surface area contributed by atoms with Crippen LogP contribution in [0.25, 0.3) is 0 Å². The Morgan fingerprint density at radius 2 is 2.00 bits per heavy atom. The van der Waals surface area contributed by atoms with Crippen LogP contribution in [0.3, 0.4) is 0 Å². The summed E-state index contributed by atoms with van der Waals surface area (Å²) >= 11 is 0. The van der Waals surface area contributed by atoms with E-state index in [2.05, 4.69) is 46.4 Å². The molecule has 5 heteroatoms. The predicted molar refractivity (Wildman–Crippen MR) is 103 cm³/mol. The molecule has 0 spiro atoms. The van der Waals surface area contributed by atoms with Gasteiger partial charge in [0.2, 0.25) is 0 Å². The van der Waals surface area contributed by atoms with Crippen molar-refractivity contribution in [1.29, 1.82) is 0 Å². The molecular formula is C20H26N4O. The number of hydrogen-bond acceptors (Lipinski definition) is 3. The number of nitrogens with two attached hydrogens (primary N) is 1. The molecule has 25 heavy (non-hydrogen) atoms. The molecule has 1 aliphatic rings. The summed E-state index contributed by atoms with van der Waals surface area (Å²) in [6.07, 6.45) is 0.311. The smallest absolute Gasteiger partial charge is 0.193 e. The third-order valence-electron chi connectivity index (χ3n) is 4.20. The quantitative estimate of drug-likeness (QED) is 0.650. The summed E-state index contributed by atoms with van der Waals surface area (Å²) in [5, 5.41) is 3.10. The first kappa shape index (κ1) is 17.5. The number of nitrogens with zero attached hydrogens (tertiary/aromatic N) is 2. The van der Waals surface area contributed by atoms with Gasteiger partial charge < -0.3 is 15.8 Å². The van der Waals surface area contributed by atoms with E-state index in [1.807, 2.05) is 30.3 Å². The molecule has 0 aliphatic carbocycles. The molecule has 0 saturated carbocycles. The van der Waals surface area contributed by atoms with Gasteiger partial charge in [-0.1, -0.05) is 42.5 Å². The number of rotatable bonds is 5. The number of guanidine groups is 1. The molecule has 5 nitrogen and oxygen atoms in total. The van der Waals surface area contributed by atoms with Gasteiger partial charge in [0.1, 0.15) is 0 Å². The summed E-state index contributed by atoms with van der Waals surface area (Å²) in [7, 11) is 0. The third-order valence-corrected chi connectivity index (χ3v) is 4.20. The first-order valence-corrected chi connectivity index (χ1v) is 8.73.